The fourth-order valence-electron chi connectivity index (χ4n) is 4.15. The Labute approximate surface area is 174 Å². The van der Waals surface area contributed by atoms with Crippen LogP contribution in [0.15, 0.2) is 0 Å². The smallest absolute Gasteiger partial charge is 0.318 e. The van der Waals surface area contributed by atoms with Crippen molar-refractivity contribution < 1.29 is 27.9 Å². The van der Waals surface area contributed by atoms with Crippen LogP contribution < -0.4 is 10.6 Å². The van der Waals surface area contributed by atoms with Crippen LogP contribution in [0, 0.1) is 22.7 Å². The molecule has 3 aliphatic rings. The second-order valence-corrected chi connectivity index (χ2v) is 8.82. The molecule has 30 heavy (non-hydrogen) atoms. The number of rotatable bonds is 7. The summed E-state index contributed by atoms with van der Waals surface area (Å²) < 4.78 is 32.3. The number of nitrogens with one attached hydrogen (secondary N) is 2. The monoisotopic (exact) mass is 426 g/mol. The van der Waals surface area contributed by atoms with E-state index in [1.165, 1.54) is 4.90 Å². The molecule has 2 atom stereocenters. The number of esters is 1. The average molecular weight is 426 g/mol. The molecule has 1 aliphatic heterocycles. The Bertz CT molecular complexity index is 749. The number of piperidine rings is 1. The van der Waals surface area contributed by atoms with E-state index >= 15 is 0 Å². The van der Waals surface area contributed by atoms with Crippen molar-refractivity contribution in [2.24, 2.45) is 11.3 Å². The van der Waals surface area contributed by atoms with Crippen LogP contribution in [0.4, 0.5) is 13.6 Å². The third kappa shape index (κ3) is 4.99. The predicted molar refractivity (Wildman–Crippen MR) is 101 cm³/mol. The molecule has 8 nitrogen and oxygen atoms in total. The summed E-state index contributed by atoms with van der Waals surface area (Å²) in [6.45, 7) is 3.53. The SMILES string of the molecule is CCOC(=O)C1CC12CCN(C(=O)NC(CC(C)(F)F)C(=O)NC1(C#N)CC1)CC2. The first kappa shape index (κ1) is 22.2. The third-order valence-electron chi connectivity index (χ3n) is 6.31. The Morgan fingerprint density at radius 2 is 1.90 bits per heavy atom. The van der Waals surface area contributed by atoms with Crippen LogP contribution in [0.1, 0.15) is 52.4 Å². The van der Waals surface area contributed by atoms with Gasteiger partial charge in [0.1, 0.15) is 11.6 Å². The van der Waals surface area contributed by atoms with Gasteiger partial charge in [-0.2, -0.15) is 5.26 Å². The summed E-state index contributed by atoms with van der Waals surface area (Å²) in [6.07, 6.45) is 2.08. The first-order valence-corrected chi connectivity index (χ1v) is 10.4. The van der Waals surface area contributed by atoms with E-state index in [9.17, 15) is 23.2 Å². The number of nitrogens with zero attached hydrogens (tertiary/aromatic N) is 2. The minimum atomic E-state index is -3.16. The normalized spacial score (nSPS) is 24.4. The van der Waals surface area contributed by atoms with Crippen molar-refractivity contribution in [2.45, 2.75) is 69.9 Å². The number of ether oxygens (including phenoxy) is 1. The number of hydrogen-bond acceptors (Lipinski definition) is 5. The number of carbonyl (C=O) groups excluding carboxylic acids is 3. The van der Waals surface area contributed by atoms with Crippen LogP contribution >= 0.6 is 0 Å². The quantitative estimate of drug-likeness (QED) is 0.605. The minimum Gasteiger partial charge on any atom is -0.466 e. The van der Waals surface area contributed by atoms with E-state index in [1.807, 2.05) is 6.07 Å². The van der Waals surface area contributed by atoms with Gasteiger partial charge in [-0.3, -0.25) is 9.59 Å². The molecule has 10 heteroatoms. The Morgan fingerprint density at radius 3 is 2.40 bits per heavy atom. The van der Waals surface area contributed by atoms with Gasteiger partial charge >= 0.3 is 12.0 Å². The number of likely N-dealkylation sites (tertiary alicyclic amines) is 1. The first-order chi connectivity index (χ1) is 14.0. The number of nitriles is 1. The van der Waals surface area contributed by atoms with Crippen LogP contribution in [-0.2, 0) is 14.3 Å². The second-order valence-electron chi connectivity index (χ2n) is 8.82. The lowest BCUT2D eigenvalue weighted by atomic mass is 9.91. The molecule has 3 amide bonds. The summed E-state index contributed by atoms with van der Waals surface area (Å²) >= 11 is 0. The van der Waals surface area contributed by atoms with Crippen molar-refractivity contribution in [3.05, 3.63) is 0 Å². The molecule has 2 N–H and O–H groups in total. The standard InChI is InChI=1S/C20H28F2N4O4/c1-3-30-16(28)13-10-19(13)6-8-26(9-7-19)17(29)24-14(11-18(2,21)22)15(27)25-20(12-23)4-5-20/h13-14H,3-11H2,1-2H3,(H,24,29)(H,25,27). The zero-order chi connectivity index (χ0) is 22.2. The lowest BCUT2D eigenvalue weighted by Gasteiger charge is -2.34. The van der Waals surface area contributed by atoms with E-state index in [-0.39, 0.29) is 17.3 Å². The van der Waals surface area contributed by atoms with Crippen LogP contribution in [0.3, 0.4) is 0 Å². The van der Waals surface area contributed by atoms with Gasteiger partial charge < -0.3 is 20.3 Å². The van der Waals surface area contributed by atoms with E-state index in [1.54, 1.807) is 6.92 Å². The zero-order valence-corrected chi connectivity index (χ0v) is 17.3. The molecule has 1 saturated heterocycles. The average Bonchev–Trinajstić information content (AvgIpc) is 3.58. The summed E-state index contributed by atoms with van der Waals surface area (Å²) in [6, 6.07) is -0.0552. The zero-order valence-electron chi connectivity index (χ0n) is 17.3. The fraction of sp³-hybridized carbons (Fsp3) is 0.800. The molecule has 0 aromatic rings. The van der Waals surface area contributed by atoms with Crippen molar-refractivity contribution in [1.29, 1.82) is 5.26 Å². The van der Waals surface area contributed by atoms with Crippen molar-refractivity contribution in [3.8, 4) is 6.07 Å². The van der Waals surface area contributed by atoms with Gasteiger partial charge in [-0.15, -0.1) is 0 Å². The van der Waals surface area contributed by atoms with Crippen molar-refractivity contribution in [1.82, 2.24) is 15.5 Å². The molecule has 1 spiro atoms. The highest BCUT2D eigenvalue weighted by Crippen LogP contribution is 2.59. The number of alkyl halides is 2. The molecule has 2 saturated carbocycles. The van der Waals surface area contributed by atoms with Crippen LogP contribution in [0.2, 0.25) is 0 Å². The molecule has 2 unspecified atom stereocenters. The number of amides is 3. The number of hydrogen-bond donors (Lipinski definition) is 2. The van der Waals surface area contributed by atoms with Gasteiger partial charge in [-0.25, -0.2) is 13.6 Å². The van der Waals surface area contributed by atoms with E-state index in [0.717, 1.165) is 6.42 Å². The largest absolute Gasteiger partial charge is 0.466 e. The van der Waals surface area contributed by atoms with Gasteiger partial charge in [0, 0.05) is 19.5 Å². The maximum Gasteiger partial charge on any atom is 0.318 e. The van der Waals surface area contributed by atoms with Crippen LogP contribution in [-0.4, -0.2) is 60.0 Å². The van der Waals surface area contributed by atoms with E-state index in [4.69, 9.17) is 10.00 Å². The molecule has 0 bridgehead atoms. The molecule has 0 aromatic heterocycles. The number of carbonyl (C=O) groups is 3. The summed E-state index contributed by atoms with van der Waals surface area (Å²) in [7, 11) is 0. The highest BCUT2D eigenvalue weighted by molar-refractivity contribution is 5.88. The molecular weight excluding hydrogens is 398 g/mol. The molecule has 3 rings (SSSR count). The summed E-state index contributed by atoms with van der Waals surface area (Å²) in [4.78, 5) is 38.5. The van der Waals surface area contributed by atoms with Crippen molar-refractivity contribution >= 4 is 17.9 Å². The minimum absolute atomic E-state index is 0.137. The van der Waals surface area contributed by atoms with Crippen molar-refractivity contribution in [3.63, 3.8) is 0 Å². The van der Waals surface area contributed by atoms with E-state index in [2.05, 4.69) is 10.6 Å². The van der Waals surface area contributed by atoms with E-state index in [0.29, 0.717) is 52.3 Å². The Kier molecular flexibility index (Phi) is 5.94. The highest BCUT2D eigenvalue weighted by atomic mass is 19.3. The molecular formula is C20H28F2N4O4. The third-order valence-corrected chi connectivity index (χ3v) is 6.31. The molecule has 0 aromatic carbocycles. The fourth-order valence-corrected chi connectivity index (χ4v) is 4.15. The predicted octanol–water partition coefficient (Wildman–Crippen LogP) is 1.95. The van der Waals surface area contributed by atoms with Gasteiger partial charge in [-0.1, -0.05) is 0 Å². The van der Waals surface area contributed by atoms with Gasteiger partial charge in [0.15, 0.2) is 0 Å². The maximum absolute atomic E-state index is 13.6. The molecule has 2 aliphatic carbocycles. The van der Waals surface area contributed by atoms with Gasteiger partial charge in [-0.05, 0) is 51.4 Å². The summed E-state index contributed by atoms with van der Waals surface area (Å²) in [5.41, 5.74) is -1.14. The molecule has 3 fully saturated rings. The van der Waals surface area contributed by atoms with Crippen LogP contribution in [0.5, 0.6) is 0 Å². The van der Waals surface area contributed by atoms with Crippen LogP contribution in [0.25, 0.3) is 0 Å². The lowest BCUT2D eigenvalue weighted by Crippen LogP contribution is -2.55. The lowest BCUT2D eigenvalue weighted by molar-refractivity contribution is -0.145. The second kappa shape index (κ2) is 8.00. The van der Waals surface area contributed by atoms with Gasteiger partial charge in [0.2, 0.25) is 11.8 Å². The summed E-state index contributed by atoms with van der Waals surface area (Å²) in [5.74, 6) is -4.28. The highest BCUT2D eigenvalue weighted by Gasteiger charge is 2.59. The maximum atomic E-state index is 13.6. The van der Waals surface area contributed by atoms with Crippen molar-refractivity contribution in [2.75, 3.05) is 19.7 Å². The Morgan fingerprint density at radius 1 is 1.27 bits per heavy atom. The van der Waals surface area contributed by atoms with Gasteiger partial charge in [0.05, 0.1) is 18.6 Å². The topological polar surface area (TPSA) is 112 Å². The number of halogens is 2. The molecule has 1 heterocycles. The van der Waals surface area contributed by atoms with Gasteiger partial charge in [0.25, 0.3) is 0 Å². The Hall–Kier alpha value is -2.44. The van der Waals surface area contributed by atoms with E-state index < -0.39 is 35.9 Å². The first-order valence-electron chi connectivity index (χ1n) is 10.4. The number of urea groups is 1. The summed E-state index contributed by atoms with van der Waals surface area (Å²) in [5, 5.41) is 14.0. The molecule has 0 radical (unpaired) electrons. The Balaban J connectivity index is 1.55. The molecule has 166 valence electrons.